The summed E-state index contributed by atoms with van der Waals surface area (Å²) < 4.78 is 0. The summed E-state index contributed by atoms with van der Waals surface area (Å²) in [5.74, 6) is 0. The van der Waals surface area contributed by atoms with E-state index in [-0.39, 0.29) is 39.5 Å². The highest BCUT2D eigenvalue weighted by molar-refractivity contribution is 7.00. The first-order valence-corrected chi connectivity index (χ1v) is 24.7. The van der Waals surface area contributed by atoms with Crippen molar-refractivity contribution < 1.29 is 0 Å². The number of fused-ring (bicyclic) bond motifs is 13. The predicted octanol–water partition coefficient (Wildman–Crippen LogP) is 13.7. The standard InChI is InChI=1S/C60H64BN3/c1-37-32-51-53-52(33-37)64-54-45(57(7)28-13-16-31-60(57,64)10)20-17-21-48(54)61(53)47-26-24-40(63-49-27-22-38(55(2,3)4)34-46(49)58(8)29-14-15-30-59(58,63)9)36-50(47)62(51)39-23-25-44-42(35-39)41-18-11-12-19-43(41)56(44,5)6/h11-12,17-27,32-36H,13-16,28-31H2,1-10H3. The Labute approximate surface area is 383 Å². The van der Waals surface area contributed by atoms with E-state index in [1.165, 1.54) is 147 Å². The van der Waals surface area contributed by atoms with E-state index in [1.54, 1.807) is 5.56 Å². The molecule has 13 rings (SSSR count). The summed E-state index contributed by atoms with van der Waals surface area (Å²) in [6.45, 7) is 24.8. The number of nitrogens with zero attached hydrogens (tertiary/aromatic N) is 3. The molecule has 0 spiro atoms. The van der Waals surface area contributed by atoms with Crippen molar-refractivity contribution in [2.45, 2.75) is 153 Å². The molecule has 6 aromatic carbocycles. The minimum absolute atomic E-state index is 0.00609. The van der Waals surface area contributed by atoms with Crippen LogP contribution in [0.3, 0.4) is 0 Å². The summed E-state index contributed by atoms with van der Waals surface area (Å²) in [6, 6.07) is 44.2. The molecule has 4 aliphatic heterocycles. The van der Waals surface area contributed by atoms with Gasteiger partial charge in [0.1, 0.15) is 0 Å². The van der Waals surface area contributed by atoms with Crippen LogP contribution < -0.4 is 31.1 Å². The summed E-state index contributed by atoms with van der Waals surface area (Å²) in [7, 11) is 0. The highest BCUT2D eigenvalue weighted by atomic mass is 15.3. The first-order valence-electron chi connectivity index (χ1n) is 24.7. The first kappa shape index (κ1) is 39.2. The maximum absolute atomic E-state index is 2.87. The van der Waals surface area contributed by atoms with E-state index in [2.05, 4.69) is 193 Å². The van der Waals surface area contributed by atoms with Crippen LogP contribution in [-0.4, -0.2) is 17.8 Å². The Kier molecular flexibility index (Phi) is 7.57. The van der Waals surface area contributed by atoms with Gasteiger partial charge in [-0.15, -0.1) is 0 Å². The lowest BCUT2D eigenvalue weighted by Crippen LogP contribution is -2.64. The van der Waals surface area contributed by atoms with Crippen molar-refractivity contribution in [1.82, 2.24) is 0 Å². The van der Waals surface area contributed by atoms with Crippen LogP contribution in [0.25, 0.3) is 11.1 Å². The highest BCUT2D eigenvalue weighted by Crippen LogP contribution is 2.64. The highest BCUT2D eigenvalue weighted by Gasteiger charge is 2.62. The van der Waals surface area contributed by atoms with Crippen LogP contribution in [-0.2, 0) is 21.7 Å². The van der Waals surface area contributed by atoms with E-state index in [4.69, 9.17) is 0 Å². The third kappa shape index (κ3) is 4.56. The maximum Gasteiger partial charge on any atom is 0.252 e. The van der Waals surface area contributed by atoms with Crippen LogP contribution in [0.2, 0.25) is 0 Å². The maximum atomic E-state index is 2.87. The summed E-state index contributed by atoms with van der Waals surface area (Å²) >= 11 is 0. The Morgan fingerprint density at radius 3 is 1.92 bits per heavy atom. The number of para-hydroxylation sites is 1. The van der Waals surface area contributed by atoms with Crippen LogP contribution in [0, 0.1) is 6.92 Å². The number of rotatable bonds is 2. The first-order chi connectivity index (χ1) is 30.5. The quantitative estimate of drug-likeness (QED) is 0.161. The van der Waals surface area contributed by atoms with E-state index in [0.29, 0.717) is 0 Å². The molecule has 2 fully saturated rings. The Morgan fingerprint density at radius 2 is 1.16 bits per heavy atom. The summed E-state index contributed by atoms with van der Waals surface area (Å²) in [5, 5.41) is 0. The molecule has 3 nitrogen and oxygen atoms in total. The van der Waals surface area contributed by atoms with Gasteiger partial charge in [-0.05, 0) is 155 Å². The lowest BCUT2D eigenvalue weighted by atomic mass is 9.33. The number of hydrogen-bond donors (Lipinski definition) is 0. The smallest absolute Gasteiger partial charge is 0.252 e. The average Bonchev–Trinajstić information content (AvgIpc) is 3.73. The molecule has 0 amide bonds. The lowest BCUT2D eigenvalue weighted by Gasteiger charge is -2.53. The zero-order valence-corrected chi connectivity index (χ0v) is 40.0. The van der Waals surface area contributed by atoms with Gasteiger partial charge in [-0.2, -0.15) is 0 Å². The van der Waals surface area contributed by atoms with Gasteiger partial charge >= 0.3 is 0 Å². The Morgan fingerprint density at radius 1 is 0.500 bits per heavy atom. The summed E-state index contributed by atoms with van der Waals surface area (Å²) in [4.78, 5) is 8.38. The van der Waals surface area contributed by atoms with Gasteiger partial charge in [0.15, 0.2) is 0 Å². The third-order valence-electron chi connectivity index (χ3n) is 19.1. The fourth-order valence-corrected chi connectivity index (χ4v) is 15.3. The van der Waals surface area contributed by atoms with Crippen LogP contribution in [0.4, 0.5) is 39.8 Å². The number of benzene rings is 6. The molecule has 2 saturated carbocycles. The molecule has 0 N–H and O–H groups in total. The average molecular weight is 838 g/mol. The molecule has 0 saturated heterocycles. The van der Waals surface area contributed by atoms with Gasteiger partial charge < -0.3 is 14.7 Å². The monoisotopic (exact) mass is 838 g/mol. The molecule has 4 atom stereocenters. The van der Waals surface area contributed by atoms with Gasteiger partial charge in [0.05, 0.1) is 11.1 Å². The van der Waals surface area contributed by atoms with E-state index in [0.717, 1.165) is 0 Å². The fraction of sp³-hybridized carbons (Fsp3) is 0.400. The number of hydrogen-bond acceptors (Lipinski definition) is 3. The third-order valence-corrected chi connectivity index (χ3v) is 19.1. The van der Waals surface area contributed by atoms with Crippen LogP contribution in [0.5, 0.6) is 0 Å². The van der Waals surface area contributed by atoms with Crippen molar-refractivity contribution in [2.24, 2.45) is 0 Å². The van der Waals surface area contributed by atoms with E-state index in [1.807, 2.05) is 0 Å². The molecular formula is C60H64BN3. The molecule has 0 radical (unpaired) electrons. The molecule has 322 valence electrons. The second-order valence-electron chi connectivity index (χ2n) is 23.7. The fourth-order valence-electron chi connectivity index (χ4n) is 15.3. The van der Waals surface area contributed by atoms with Crippen molar-refractivity contribution in [3.05, 3.63) is 143 Å². The van der Waals surface area contributed by atoms with Gasteiger partial charge in [-0.25, -0.2) is 0 Å². The lowest BCUT2D eigenvalue weighted by molar-refractivity contribution is 0.195. The Bertz CT molecular complexity index is 3040. The van der Waals surface area contributed by atoms with Crippen LogP contribution in [0.15, 0.2) is 109 Å². The number of anilines is 7. The zero-order chi connectivity index (χ0) is 44.1. The predicted molar refractivity (Wildman–Crippen MR) is 272 cm³/mol. The van der Waals surface area contributed by atoms with Crippen LogP contribution >= 0.6 is 0 Å². The molecule has 4 heterocycles. The van der Waals surface area contributed by atoms with E-state index in [9.17, 15) is 0 Å². The summed E-state index contributed by atoms with van der Waals surface area (Å²) in [6.07, 6.45) is 9.97. The molecule has 4 unspecified atom stereocenters. The zero-order valence-electron chi connectivity index (χ0n) is 40.0. The summed E-state index contributed by atoms with van der Waals surface area (Å²) in [5.41, 5.74) is 25.5. The van der Waals surface area contributed by atoms with Gasteiger partial charge in [0, 0.05) is 56.1 Å². The minimum Gasteiger partial charge on any atom is -0.335 e. The van der Waals surface area contributed by atoms with Crippen molar-refractivity contribution in [3.63, 3.8) is 0 Å². The molecular weight excluding hydrogens is 773 g/mol. The largest absolute Gasteiger partial charge is 0.335 e. The Hall–Kier alpha value is -5.22. The second kappa shape index (κ2) is 12.4. The van der Waals surface area contributed by atoms with Gasteiger partial charge in [0.25, 0.3) is 6.71 Å². The normalized spacial score (nSPS) is 27.3. The van der Waals surface area contributed by atoms with Crippen molar-refractivity contribution >= 4 is 62.9 Å². The van der Waals surface area contributed by atoms with Gasteiger partial charge in [-0.1, -0.05) is 141 Å². The molecule has 3 aliphatic carbocycles. The van der Waals surface area contributed by atoms with E-state index >= 15 is 0 Å². The van der Waals surface area contributed by atoms with Gasteiger partial charge in [-0.3, -0.25) is 0 Å². The Balaban J connectivity index is 1.09. The minimum atomic E-state index is -0.0532. The second-order valence-corrected chi connectivity index (χ2v) is 23.7. The molecule has 7 aliphatic rings. The van der Waals surface area contributed by atoms with Crippen molar-refractivity contribution in [1.29, 1.82) is 0 Å². The van der Waals surface area contributed by atoms with Crippen molar-refractivity contribution in [3.8, 4) is 11.1 Å². The van der Waals surface area contributed by atoms with Gasteiger partial charge in [0.2, 0.25) is 0 Å². The van der Waals surface area contributed by atoms with Crippen LogP contribution in [0.1, 0.15) is 147 Å². The molecule has 0 aromatic heterocycles. The molecule has 4 heteroatoms. The number of aryl methyl sites for hydroxylation is 1. The topological polar surface area (TPSA) is 9.72 Å². The molecule has 64 heavy (non-hydrogen) atoms. The van der Waals surface area contributed by atoms with E-state index < -0.39 is 0 Å². The SMILES string of the molecule is Cc1cc2c3c(c1)N1c4c(cccc4C4(C)CCCCC14C)B3c1ccc(N3c4ccc(C(C)(C)C)cc4C4(C)CCCCC34C)cc1N2c1ccc2c(c1)-c1ccccc1C2(C)C. The molecule has 0 bridgehead atoms. The van der Waals surface area contributed by atoms with Crippen molar-refractivity contribution in [2.75, 3.05) is 14.7 Å². The molecule has 6 aromatic rings.